The quantitative estimate of drug-likeness (QED) is 0.471. The van der Waals surface area contributed by atoms with Crippen LogP contribution in [0.1, 0.15) is 5.56 Å². The molecule has 1 aliphatic heterocycles. The monoisotopic (exact) mass is 403 g/mol. The van der Waals surface area contributed by atoms with Crippen LogP contribution in [-0.2, 0) is 4.79 Å². The number of nitrogens with one attached hydrogen (secondary N) is 1. The van der Waals surface area contributed by atoms with Gasteiger partial charge in [0.05, 0.1) is 21.1 Å². The number of rotatable bonds is 3. The maximum absolute atomic E-state index is 12.1. The molecule has 0 unspecified atom stereocenters. The predicted molar refractivity (Wildman–Crippen MR) is 98.0 cm³/mol. The number of benzene rings is 2. The van der Waals surface area contributed by atoms with Crippen LogP contribution in [0.5, 0.6) is 0 Å². The van der Waals surface area contributed by atoms with E-state index in [1.807, 2.05) is 24.3 Å². The number of amidine groups is 1. The second-order valence-corrected chi connectivity index (χ2v) is 6.72. The van der Waals surface area contributed by atoms with Gasteiger partial charge in [-0.3, -0.25) is 14.9 Å². The SMILES string of the molecule is O=C1NC(=Nc2ccc(Br)cc2)S/C1=C/c1ccccc1[N+](=O)[O-]. The lowest BCUT2D eigenvalue weighted by Crippen LogP contribution is -2.19. The summed E-state index contributed by atoms with van der Waals surface area (Å²) in [6.07, 6.45) is 1.50. The summed E-state index contributed by atoms with van der Waals surface area (Å²) < 4.78 is 0.937. The van der Waals surface area contributed by atoms with E-state index < -0.39 is 4.92 Å². The highest BCUT2D eigenvalue weighted by molar-refractivity contribution is 9.10. The average molecular weight is 404 g/mol. The fourth-order valence-electron chi connectivity index (χ4n) is 2.03. The number of nitrogens with zero attached hydrogens (tertiary/aromatic N) is 2. The van der Waals surface area contributed by atoms with Crippen molar-refractivity contribution in [3.63, 3.8) is 0 Å². The van der Waals surface area contributed by atoms with Crippen LogP contribution in [0, 0.1) is 10.1 Å². The molecule has 2 aromatic rings. The Hall–Kier alpha value is -2.45. The first-order valence-electron chi connectivity index (χ1n) is 6.81. The molecule has 2 aromatic carbocycles. The maximum atomic E-state index is 12.1. The summed E-state index contributed by atoms with van der Waals surface area (Å²) in [5.41, 5.74) is 1.04. The van der Waals surface area contributed by atoms with Gasteiger partial charge in [0.15, 0.2) is 5.17 Å². The van der Waals surface area contributed by atoms with Crippen LogP contribution in [0.25, 0.3) is 6.08 Å². The largest absolute Gasteiger partial charge is 0.300 e. The molecule has 1 heterocycles. The van der Waals surface area contributed by atoms with Crippen LogP contribution in [0.4, 0.5) is 11.4 Å². The molecule has 1 saturated heterocycles. The van der Waals surface area contributed by atoms with Gasteiger partial charge in [-0.15, -0.1) is 0 Å². The van der Waals surface area contributed by atoms with Crippen molar-refractivity contribution in [2.75, 3.05) is 0 Å². The molecule has 1 amide bonds. The van der Waals surface area contributed by atoms with Crippen molar-refractivity contribution < 1.29 is 9.72 Å². The number of nitro benzene ring substituents is 1. The Kier molecular flexibility index (Phi) is 4.77. The van der Waals surface area contributed by atoms with Crippen molar-refractivity contribution in [2.45, 2.75) is 0 Å². The Balaban J connectivity index is 1.88. The van der Waals surface area contributed by atoms with Crippen molar-refractivity contribution in [1.29, 1.82) is 0 Å². The third kappa shape index (κ3) is 3.72. The van der Waals surface area contributed by atoms with E-state index in [0.717, 1.165) is 16.2 Å². The van der Waals surface area contributed by atoms with E-state index in [4.69, 9.17) is 0 Å². The number of nitro groups is 1. The minimum atomic E-state index is -0.471. The summed E-state index contributed by atoms with van der Waals surface area (Å²) >= 11 is 4.49. The first-order chi connectivity index (χ1) is 11.5. The molecule has 1 N–H and O–H groups in total. The van der Waals surface area contributed by atoms with Gasteiger partial charge in [0.2, 0.25) is 0 Å². The molecule has 0 aliphatic carbocycles. The van der Waals surface area contributed by atoms with Crippen LogP contribution in [0.15, 0.2) is 62.9 Å². The van der Waals surface area contributed by atoms with Gasteiger partial charge >= 0.3 is 0 Å². The van der Waals surface area contributed by atoms with Crippen LogP contribution in [-0.4, -0.2) is 16.0 Å². The van der Waals surface area contributed by atoms with E-state index >= 15 is 0 Å². The molecule has 0 atom stereocenters. The minimum absolute atomic E-state index is 0.0447. The highest BCUT2D eigenvalue weighted by Gasteiger charge is 2.25. The highest BCUT2D eigenvalue weighted by atomic mass is 79.9. The number of aliphatic imine (C=N–C) groups is 1. The van der Waals surface area contributed by atoms with Gasteiger partial charge < -0.3 is 5.32 Å². The number of thioether (sulfide) groups is 1. The summed E-state index contributed by atoms with van der Waals surface area (Å²) in [5.74, 6) is -0.325. The molecular weight excluding hydrogens is 394 g/mol. The van der Waals surface area contributed by atoms with Crippen LogP contribution >= 0.6 is 27.7 Å². The Labute approximate surface area is 150 Å². The lowest BCUT2D eigenvalue weighted by atomic mass is 10.1. The van der Waals surface area contributed by atoms with Crippen LogP contribution < -0.4 is 5.32 Å². The minimum Gasteiger partial charge on any atom is -0.300 e. The summed E-state index contributed by atoms with van der Waals surface area (Å²) in [6, 6.07) is 13.6. The zero-order valence-electron chi connectivity index (χ0n) is 12.1. The second kappa shape index (κ2) is 6.98. The Bertz CT molecular complexity index is 878. The number of hydrogen-bond donors (Lipinski definition) is 1. The van der Waals surface area contributed by atoms with Crippen molar-refractivity contribution in [1.82, 2.24) is 5.32 Å². The molecule has 0 saturated carbocycles. The first-order valence-corrected chi connectivity index (χ1v) is 8.42. The second-order valence-electron chi connectivity index (χ2n) is 4.77. The standard InChI is InChI=1S/C16H10BrN3O3S/c17-11-5-7-12(8-6-11)18-16-19-15(21)14(24-16)9-10-3-1-2-4-13(10)20(22)23/h1-9H,(H,18,19,21)/b14-9+. The van der Waals surface area contributed by atoms with E-state index in [9.17, 15) is 14.9 Å². The van der Waals surface area contributed by atoms with Gasteiger partial charge in [0.25, 0.3) is 11.6 Å². The van der Waals surface area contributed by atoms with Gasteiger partial charge in [-0.05, 0) is 48.2 Å². The molecule has 24 heavy (non-hydrogen) atoms. The number of para-hydroxylation sites is 1. The molecule has 0 bridgehead atoms. The number of halogens is 1. The van der Waals surface area contributed by atoms with E-state index in [0.29, 0.717) is 21.3 Å². The van der Waals surface area contributed by atoms with E-state index in [2.05, 4.69) is 26.2 Å². The zero-order chi connectivity index (χ0) is 17.1. The van der Waals surface area contributed by atoms with Crippen molar-refractivity contribution in [2.24, 2.45) is 4.99 Å². The molecule has 8 heteroatoms. The number of carbonyl (C=O) groups is 1. The molecule has 1 aliphatic rings. The third-order valence-corrected chi connectivity index (χ3v) is 4.57. The molecule has 6 nitrogen and oxygen atoms in total. The van der Waals surface area contributed by atoms with E-state index in [1.54, 1.807) is 18.2 Å². The maximum Gasteiger partial charge on any atom is 0.276 e. The van der Waals surface area contributed by atoms with Gasteiger partial charge in [0, 0.05) is 10.5 Å². The number of hydrogen-bond acceptors (Lipinski definition) is 5. The summed E-state index contributed by atoms with van der Waals surface area (Å²) in [7, 11) is 0. The van der Waals surface area contributed by atoms with Gasteiger partial charge in [-0.2, -0.15) is 0 Å². The van der Waals surface area contributed by atoms with Gasteiger partial charge in [0.1, 0.15) is 0 Å². The topological polar surface area (TPSA) is 84.6 Å². The molecule has 0 spiro atoms. The van der Waals surface area contributed by atoms with E-state index in [-0.39, 0.29) is 11.6 Å². The lowest BCUT2D eigenvalue weighted by Gasteiger charge is -1.97. The highest BCUT2D eigenvalue weighted by Crippen LogP contribution is 2.30. The predicted octanol–water partition coefficient (Wildman–Crippen LogP) is 4.25. The fraction of sp³-hybridized carbons (Fsp3) is 0. The Morgan fingerprint density at radius 2 is 1.88 bits per heavy atom. The first kappa shape index (κ1) is 16.4. The smallest absolute Gasteiger partial charge is 0.276 e. The normalized spacial score (nSPS) is 17.3. The van der Waals surface area contributed by atoms with Gasteiger partial charge in [-0.25, -0.2) is 4.99 Å². The third-order valence-electron chi connectivity index (χ3n) is 3.13. The molecule has 120 valence electrons. The van der Waals surface area contributed by atoms with E-state index in [1.165, 1.54) is 12.1 Å². The van der Waals surface area contributed by atoms with Crippen molar-refractivity contribution in [3.8, 4) is 0 Å². The summed E-state index contributed by atoms with van der Waals surface area (Å²) in [4.78, 5) is 27.3. The van der Waals surface area contributed by atoms with Gasteiger partial charge in [-0.1, -0.05) is 28.1 Å². The zero-order valence-corrected chi connectivity index (χ0v) is 14.5. The molecule has 0 aromatic heterocycles. The fourth-order valence-corrected chi connectivity index (χ4v) is 3.13. The molecular formula is C16H10BrN3O3S. The van der Waals surface area contributed by atoms with Crippen LogP contribution in [0.3, 0.4) is 0 Å². The molecule has 1 fully saturated rings. The van der Waals surface area contributed by atoms with Crippen molar-refractivity contribution in [3.05, 3.63) is 73.6 Å². The Morgan fingerprint density at radius 1 is 1.17 bits per heavy atom. The average Bonchev–Trinajstić information content (AvgIpc) is 2.89. The van der Waals surface area contributed by atoms with Crippen molar-refractivity contribution >= 4 is 56.2 Å². The Morgan fingerprint density at radius 3 is 2.58 bits per heavy atom. The summed E-state index contributed by atoms with van der Waals surface area (Å²) in [5, 5.41) is 14.1. The number of amides is 1. The molecule has 3 rings (SSSR count). The number of carbonyl (C=O) groups excluding carboxylic acids is 1. The molecule has 0 radical (unpaired) electrons. The van der Waals surface area contributed by atoms with Crippen LogP contribution in [0.2, 0.25) is 0 Å². The summed E-state index contributed by atoms with van der Waals surface area (Å²) in [6.45, 7) is 0. The lowest BCUT2D eigenvalue weighted by molar-refractivity contribution is -0.385.